The fraction of sp³-hybridized carbons (Fsp3) is 0.588. The molecule has 142 valence electrons. The first kappa shape index (κ1) is 21.4. The number of benzene rings is 1. The van der Waals surface area contributed by atoms with E-state index in [2.05, 4.69) is 5.32 Å². The Balaban J connectivity index is 2.67. The second-order valence-electron chi connectivity index (χ2n) is 6.46. The summed E-state index contributed by atoms with van der Waals surface area (Å²) in [5, 5.41) is 2.85. The number of nitrogens with one attached hydrogen (secondary N) is 1. The second kappa shape index (κ2) is 10.4. The molecule has 0 radical (unpaired) electrons. The van der Waals surface area contributed by atoms with Crippen molar-refractivity contribution in [3.05, 3.63) is 30.3 Å². The van der Waals surface area contributed by atoms with E-state index in [-0.39, 0.29) is 23.2 Å². The SMILES string of the molecule is CN(C)CCNC(=O)N(CCN(C)C)CCS(=O)(=O)c1ccccc1. The minimum Gasteiger partial charge on any atom is -0.337 e. The van der Waals surface area contributed by atoms with Gasteiger partial charge < -0.3 is 20.0 Å². The molecule has 2 amide bonds. The lowest BCUT2D eigenvalue weighted by Gasteiger charge is -2.25. The lowest BCUT2D eigenvalue weighted by atomic mass is 10.4. The number of carbonyl (C=O) groups is 1. The van der Waals surface area contributed by atoms with Crippen LogP contribution in [0.4, 0.5) is 4.79 Å². The molecule has 0 bridgehead atoms. The number of hydrogen-bond acceptors (Lipinski definition) is 5. The van der Waals surface area contributed by atoms with Gasteiger partial charge in [0.25, 0.3) is 0 Å². The van der Waals surface area contributed by atoms with E-state index in [0.717, 1.165) is 6.54 Å². The number of amides is 2. The van der Waals surface area contributed by atoms with Gasteiger partial charge in [0.05, 0.1) is 10.6 Å². The van der Waals surface area contributed by atoms with Crippen molar-refractivity contribution < 1.29 is 13.2 Å². The maximum absolute atomic E-state index is 12.4. The highest BCUT2D eigenvalue weighted by Gasteiger charge is 2.19. The Morgan fingerprint density at radius 3 is 2.08 bits per heavy atom. The zero-order valence-corrected chi connectivity index (χ0v) is 16.4. The minimum atomic E-state index is -3.40. The monoisotopic (exact) mass is 370 g/mol. The molecule has 1 N–H and O–H groups in total. The normalized spacial score (nSPS) is 11.8. The first-order valence-corrected chi connectivity index (χ1v) is 9.97. The third-order valence-corrected chi connectivity index (χ3v) is 5.38. The third-order valence-electron chi connectivity index (χ3n) is 3.67. The van der Waals surface area contributed by atoms with Crippen molar-refractivity contribution >= 4 is 15.9 Å². The standard InChI is InChI=1S/C17H30N4O3S/c1-19(2)11-10-18-17(22)21(13-12-20(3)4)14-15-25(23,24)16-8-6-5-7-9-16/h5-9H,10-15H2,1-4H3,(H,18,22). The number of hydrogen-bond donors (Lipinski definition) is 1. The van der Waals surface area contributed by atoms with Crippen LogP contribution in [0, 0.1) is 0 Å². The van der Waals surface area contributed by atoms with Crippen molar-refractivity contribution in [2.24, 2.45) is 0 Å². The van der Waals surface area contributed by atoms with Crippen molar-refractivity contribution in [1.29, 1.82) is 0 Å². The van der Waals surface area contributed by atoms with E-state index in [4.69, 9.17) is 0 Å². The van der Waals surface area contributed by atoms with E-state index in [1.54, 1.807) is 35.2 Å². The van der Waals surface area contributed by atoms with E-state index in [1.165, 1.54) is 0 Å². The molecular weight excluding hydrogens is 340 g/mol. The number of nitrogens with zero attached hydrogens (tertiary/aromatic N) is 3. The molecule has 0 aliphatic carbocycles. The van der Waals surface area contributed by atoms with Crippen LogP contribution in [-0.4, -0.2) is 95.8 Å². The summed E-state index contributed by atoms with van der Waals surface area (Å²) in [6.45, 7) is 2.57. The Kier molecular flexibility index (Phi) is 8.88. The Labute approximate surface area is 151 Å². The molecule has 1 aromatic carbocycles. The van der Waals surface area contributed by atoms with Gasteiger partial charge in [-0.3, -0.25) is 0 Å². The molecule has 0 atom stereocenters. The van der Waals surface area contributed by atoms with Gasteiger partial charge in [0.2, 0.25) is 0 Å². The highest BCUT2D eigenvalue weighted by Crippen LogP contribution is 2.10. The maximum atomic E-state index is 12.4. The van der Waals surface area contributed by atoms with Gasteiger partial charge in [-0.05, 0) is 40.3 Å². The van der Waals surface area contributed by atoms with Crippen molar-refractivity contribution in [2.45, 2.75) is 4.90 Å². The summed E-state index contributed by atoms with van der Waals surface area (Å²) in [4.78, 5) is 18.2. The van der Waals surface area contributed by atoms with Gasteiger partial charge in [-0.1, -0.05) is 18.2 Å². The molecule has 0 saturated heterocycles. The summed E-state index contributed by atoms with van der Waals surface area (Å²) < 4.78 is 24.9. The van der Waals surface area contributed by atoms with E-state index in [1.807, 2.05) is 38.0 Å². The topological polar surface area (TPSA) is 73.0 Å². The summed E-state index contributed by atoms with van der Waals surface area (Å²) in [5.74, 6) is -0.0917. The van der Waals surface area contributed by atoms with Crippen LogP contribution in [0.5, 0.6) is 0 Å². The van der Waals surface area contributed by atoms with Crippen molar-refractivity contribution in [3.63, 3.8) is 0 Å². The van der Waals surface area contributed by atoms with Gasteiger partial charge in [-0.15, -0.1) is 0 Å². The number of urea groups is 1. The Morgan fingerprint density at radius 2 is 1.52 bits per heavy atom. The quantitative estimate of drug-likeness (QED) is 0.653. The van der Waals surface area contributed by atoms with Gasteiger partial charge in [-0.25, -0.2) is 13.2 Å². The average Bonchev–Trinajstić information content (AvgIpc) is 2.55. The van der Waals surface area contributed by atoms with Crippen molar-refractivity contribution in [1.82, 2.24) is 20.0 Å². The summed E-state index contributed by atoms with van der Waals surface area (Å²) in [6, 6.07) is 8.11. The Morgan fingerprint density at radius 1 is 0.920 bits per heavy atom. The van der Waals surface area contributed by atoms with Gasteiger partial charge in [0.1, 0.15) is 0 Å². The smallest absolute Gasteiger partial charge is 0.317 e. The molecule has 0 aliphatic heterocycles. The highest BCUT2D eigenvalue weighted by molar-refractivity contribution is 7.91. The highest BCUT2D eigenvalue weighted by atomic mass is 32.2. The van der Waals surface area contributed by atoms with Gasteiger partial charge in [0.15, 0.2) is 9.84 Å². The van der Waals surface area contributed by atoms with Crippen LogP contribution in [0.25, 0.3) is 0 Å². The van der Waals surface area contributed by atoms with Gasteiger partial charge in [0, 0.05) is 32.7 Å². The van der Waals surface area contributed by atoms with E-state index < -0.39 is 9.84 Å². The predicted molar refractivity (Wildman–Crippen MR) is 101 cm³/mol. The van der Waals surface area contributed by atoms with Crippen LogP contribution < -0.4 is 5.32 Å². The van der Waals surface area contributed by atoms with E-state index in [9.17, 15) is 13.2 Å². The minimum absolute atomic E-state index is 0.0917. The predicted octanol–water partition coefficient (Wildman–Crippen LogP) is 0.595. The fourth-order valence-corrected chi connectivity index (χ4v) is 3.38. The molecule has 1 aromatic rings. The molecule has 0 saturated carbocycles. The zero-order valence-electron chi connectivity index (χ0n) is 15.6. The lowest BCUT2D eigenvalue weighted by molar-refractivity contribution is 0.194. The molecule has 0 fully saturated rings. The van der Waals surface area contributed by atoms with Crippen molar-refractivity contribution in [2.75, 3.05) is 66.7 Å². The van der Waals surface area contributed by atoms with Crippen LogP contribution >= 0.6 is 0 Å². The first-order valence-electron chi connectivity index (χ1n) is 8.32. The number of sulfone groups is 1. The zero-order chi connectivity index (χ0) is 18.9. The Bertz CT molecular complexity index is 618. The summed E-state index contributed by atoms with van der Waals surface area (Å²) in [7, 11) is 4.30. The molecular formula is C17H30N4O3S. The van der Waals surface area contributed by atoms with Crippen LogP contribution in [0.3, 0.4) is 0 Å². The van der Waals surface area contributed by atoms with E-state index >= 15 is 0 Å². The van der Waals surface area contributed by atoms with Gasteiger partial charge >= 0.3 is 6.03 Å². The van der Waals surface area contributed by atoms with Crippen LogP contribution in [0.2, 0.25) is 0 Å². The maximum Gasteiger partial charge on any atom is 0.317 e. The third kappa shape index (κ3) is 8.33. The molecule has 1 rings (SSSR count). The number of likely N-dealkylation sites (N-methyl/N-ethyl adjacent to an activating group) is 2. The Hall–Kier alpha value is -1.64. The summed E-state index contributed by atoms with van der Waals surface area (Å²) >= 11 is 0. The van der Waals surface area contributed by atoms with Crippen LogP contribution in [-0.2, 0) is 9.84 Å². The summed E-state index contributed by atoms with van der Waals surface area (Å²) in [5.41, 5.74) is 0. The molecule has 0 spiro atoms. The van der Waals surface area contributed by atoms with Crippen molar-refractivity contribution in [3.8, 4) is 0 Å². The van der Waals surface area contributed by atoms with Crippen LogP contribution in [0.1, 0.15) is 0 Å². The van der Waals surface area contributed by atoms with Gasteiger partial charge in [-0.2, -0.15) is 0 Å². The van der Waals surface area contributed by atoms with E-state index in [0.29, 0.717) is 19.6 Å². The molecule has 8 heteroatoms. The average molecular weight is 371 g/mol. The molecule has 7 nitrogen and oxygen atoms in total. The second-order valence-corrected chi connectivity index (χ2v) is 8.57. The number of rotatable bonds is 10. The molecule has 0 heterocycles. The lowest BCUT2D eigenvalue weighted by Crippen LogP contribution is -2.46. The largest absolute Gasteiger partial charge is 0.337 e. The molecule has 0 aromatic heterocycles. The first-order chi connectivity index (χ1) is 11.7. The fourth-order valence-electron chi connectivity index (χ4n) is 2.11. The number of carbonyl (C=O) groups excluding carboxylic acids is 1. The van der Waals surface area contributed by atoms with Crippen LogP contribution in [0.15, 0.2) is 35.2 Å². The molecule has 0 unspecified atom stereocenters. The molecule has 0 aliphatic rings. The summed E-state index contributed by atoms with van der Waals surface area (Å²) in [6.07, 6.45) is 0. The molecule has 25 heavy (non-hydrogen) atoms.